The van der Waals surface area contributed by atoms with E-state index in [1.807, 2.05) is 6.92 Å². The average molecular weight is 239 g/mol. The van der Waals surface area contributed by atoms with Crippen molar-refractivity contribution in [1.82, 2.24) is 10.3 Å². The minimum Gasteiger partial charge on any atom is -0.316 e. The molecule has 0 radical (unpaired) electrons. The molecule has 1 amide bonds. The van der Waals surface area contributed by atoms with Gasteiger partial charge in [0.1, 0.15) is 0 Å². The van der Waals surface area contributed by atoms with Gasteiger partial charge in [0.15, 0.2) is 5.13 Å². The van der Waals surface area contributed by atoms with Crippen LogP contribution in [0.5, 0.6) is 0 Å². The van der Waals surface area contributed by atoms with Crippen molar-refractivity contribution in [1.29, 1.82) is 0 Å². The minimum absolute atomic E-state index is 0.0845. The quantitative estimate of drug-likeness (QED) is 0.842. The van der Waals surface area contributed by atoms with Crippen molar-refractivity contribution in [2.24, 2.45) is 5.92 Å². The molecular weight excluding hydrogens is 222 g/mol. The lowest BCUT2D eigenvalue weighted by atomic mass is 10.0. The molecule has 1 atom stereocenters. The van der Waals surface area contributed by atoms with E-state index < -0.39 is 0 Å². The smallest absolute Gasteiger partial charge is 0.226 e. The van der Waals surface area contributed by atoms with Gasteiger partial charge in [0.2, 0.25) is 5.91 Å². The number of amides is 1. The standard InChI is InChI=1S/C11H17N3OS/c1-8-6-13-11(16-8)14-10(15)3-2-9-4-5-12-7-9/h6,9,12H,2-5,7H2,1H3,(H,13,14,15). The van der Waals surface area contributed by atoms with Crippen molar-refractivity contribution in [2.75, 3.05) is 18.4 Å². The topological polar surface area (TPSA) is 54.0 Å². The third-order valence-electron chi connectivity index (χ3n) is 2.81. The molecule has 0 spiro atoms. The number of rotatable bonds is 4. The van der Waals surface area contributed by atoms with Crippen molar-refractivity contribution in [2.45, 2.75) is 26.2 Å². The zero-order chi connectivity index (χ0) is 11.4. The van der Waals surface area contributed by atoms with Gasteiger partial charge in [-0.25, -0.2) is 4.98 Å². The Morgan fingerprint density at radius 3 is 3.25 bits per heavy atom. The predicted molar refractivity (Wildman–Crippen MR) is 65.7 cm³/mol. The largest absolute Gasteiger partial charge is 0.316 e. The number of nitrogens with zero attached hydrogens (tertiary/aromatic N) is 1. The first kappa shape index (κ1) is 11.5. The molecule has 1 aliphatic rings. The fraction of sp³-hybridized carbons (Fsp3) is 0.636. The van der Waals surface area contributed by atoms with Crippen LogP contribution in [0.1, 0.15) is 24.1 Å². The summed E-state index contributed by atoms with van der Waals surface area (Å²) < 4.78 is 0. The predicted octanol–water partition coefficient (Wildman–Crippen LogP) is 1.78. The van der Waals surface area contributed by atoms with Gasteiger partial charge in [-0.1, -0.05) is 0 Å². The summed E-state index contributed by atoms with van der Waals surface area (Å²) in [6, 6.07) is 0. The number of thiazole rings is 1. The van der Waals surface area contributed by atoms with Crippen molar-refractivity contribution in [3.05, 3.63) is 11.1 Å². The maximum absolute atomic E-state index is 11.6. The number of carbonyl (C=O) groups is 1. The zero-order valence-electron chi connectivity index (χ0n) is 9.45. The van der Waals surface area contributed by atoms with Crippen LogP contribution in [0.25, 0.3) is 0 Å². The molecule has 0 bridgehead atoms. The Morgan fingerprint density at radius 1 is 1.75 bits per heavy atom. The molecule has 1 fully saturated rings. The summed E-state index contributed by atoms with van der Waals surface area (Å²) in [7, 11) is 0. The van der Waals surface area contributed by atoms with Crippen LogP contribution in [0, 0.1) is 12.8 Å². The van der Waals surface area contributed by atoms with E-state index in [0.29, 0.717) is 17.5 Å². The van der Waals surface area contributed by atoms with E-state index in [2.05, 4.69) is 15.6 Å². The molecule has 2 rings (SSSR count). The van der Waals surface area contributed by atoms with Crippen LogP contribution in [0.2, 0.25) is 0 Å². The Hall–Kier alpha value is -0.940. The number of anilines is 1. The van der Waals surface area contributed by atoms with Crippen LogP contribution in [-0.4, -0.2) is 24.0 Å². The van der Waals surface area contributed by atoms with Crippen molar-refractivity contribution >= 4 is 22.4 Å². The fourth-order valence-electron chi connectivity index (χ4n) is 1.89. The number of hydrogen-bond acceptors (Lipinski definition) is 4. The number of carbonyl (C=O) groups excluding carboxylic acids is 1. The Kier molecular flexibility index (Phi) is 3.90. The number of aryl methyl sites for hydroxylation is 1. The monoisotopic (exact) mass is 239 g/mol. The van der Waals surface area contributed by atoms with Gasteiger partial charge in [0.05, 0.1) is 0 Å². The molecule has 1 saturated heterocycles. The number of nitrogens with one attached hydrogen (secondary N) is 2. The molecule has 1 aromatic rings. The molecule has 5 heteroatoms. The Labute approximate surface area is 99.5 Å². The molecule has 0 aliphatic carbocycles. The summed E-state index contributed by atoms with van der Waals surface area (Å²) in [6.45, 7) is 4.14. The first-order valence-corrected chi connectivity index (χ1v) is 6.48. The molecule has 0 saturated carbocycles. The highest BCUT2D eigenvalue weighted by atomic mass is 32.1. The maximum atomic E-state index is 11.6. The lowest BCUT2D eigenvalue weighted by molar-refractivity contribution is -0.116. The highest BCUT2D eigenvalue weighted by molar-refractivity contribution is 7.15. The second-order valence-electron chi connectivity index (χ2n) is 4.22. The van der Waals surface area contributed by atoms with Gasteiger partial charge < -0.3 is 10.6 Å². The first-order chi connectivity index (χ1) is 7.74. The van der Waals surface area contributed by atoms with Gasteiger partial charge in [-0.3, -0.25) is 4.79 Å². The van der Waals surface area contributed by atoms with Gasteiger partial charge in [-0.05, 0) is 38.8 Å². The molecule has 2 heterocycles. The third kappa shape index (κ3) is 3.28. The summed E-state index contributed by atoms with van der Waals surface area (Å²) in [5.74, 6) is 0.755. The van der Waals surface area contributed by atoms with E-state index in [1.54, 1.807) is 6.20 Å². The zero-order valence-corrected chi connectivity index (χ0v) is 10.3. The molecule has 2 N–H and O–H groups in total. The van der Waals surface area contributed by atoms with Gasteiger partial charge in [0.25, 0.3) is 0 Å². The van der Waals surface area contributed by atoms with Gasteiger partial charge in [-0.15, -0.1) is 11.3 Å². The highest BCUT2D eigenvalue weighted by Gasteiger charge is 2.15. The first-order valence-electron chi connectivity index (χ1n) is 5.67. The Balaban J connectivity index is 1.71. The Morgan fingerprint density at radius 2 is 2.62 bits per heavy atom. The van der Waals surface area contributed by atoms with Gasteiger partial charge in [-0.2, -0.15) is 0 Å². The van der Waals surface area contributed by atoms with E-state index in [-0.39, 0.29) is 5.91 Å². The van der Waals surface area contributed by atoms with Gasteiger partial charge in [0, 0.05) is 17.5 Å². The SMILES string of the molecule is Cc1cnc(NC(=O)CCC2CCNC2)s1. The normalized spacial score (nSPS) is 19.9. The maximum Gasteiger partial charge on any atom is 0.226 e. The summed E-state index contributed by atoms with van der Waals surface area (Å²) in [6.07, 6.45) is 4.55. The lowest BCUT2D eigenvalue weighted by Gasteiger charge is -2.06. The second-order valence-corrected chi connectivity index (χ2v) is 5.46. The molecule has 0 aromatic carbocycles. The number of aromatic nitrogens is 1. The Bertz CT molecular complexity index is 358. The summed E-state index contributed by atoms with van der Waals surface area (Å²) >= 11 is 1.52. The second kappa shape index (κ2) is 5.41. The van der Waals surface area contributed by atoms with E-state index in [9.17, 15) is 4.79 Å². The van der Waals surface area contributed by atoms with Crippen molar-refractivity contribution < 1.29 is 4.79 Å². The summed E-state index contributed by atoms with van der Waals surface area (Å²) in [4.78, 5) is 16.8. The molecule has 1 aliphatic heterocycles. The third-order valence-corrected chi connectivity index (χ3v) is 3.64. The van der Waals surface area contributed by atoms with Crippen LogP contribution in [0.4, 0.5) is 5.13 Å². The molecular formula is C11H17N3OS. The molecule has 16 heavy (non-hydrogen) atoms. The van der Waals surface area contributed by atoms with E-state index in [4.69, 9.17) is 0 Å². The average Bonchev–Trinajstić information content (AvgIpc) is 2.87. The van der Waals surface area contributed by atoms with Gasteiger partial charge >= 0.3 is 0 Å². The van der Waals surface area contributed by atoms with Crippen molar-refractivity contribution in [3.8, 4) is 0 Å². The summed E-state index contributed by atoms with van der Waals surface area (Å²) in [5, 5.41) is 6.86. The lowest BCUT2D eigenvalue weighted by Crippen LogP contribution is -2.14. The molecule has 1 aromatic heterocycles. The summed E-state index contributed by atoms with van der Waals surface area (Å²) in [5.41, 5.74) is 0. The van der Waals surface area contributed by atoms with Crippen LogP contribution in [0.3, 0.4) is 0 Å². The molecule has 4 nitrogen and oxygen atoms in total. The van der Waals surface area contributed by atoms with Crippen LogP contribution in [0.15, 0.2) is 6.20 Å². The van der Waals surface area contributed by atoms with E-state index in [0.717, 1.165) is 24.4 Å². The minimum atomic E-state index is 0.0845. The molecule has 88 valence electrons. The fourth-order valence-corrected chi connectivity index (χ4v) is 2.57. The van der Waals surface area contributed by atoms with E-state index >= 15 is 0 Å². The van der Waals surface area contributed by atoms with Crippen molar-refractivity contribution in [3.63, 3.8) is 0 Å². The molecule has 1 unspecified atom stereocenters. The number of hydrogen-bond donors (Lipinski definition) is 2. The van der Waals surface area contributed by atoms with Crippen LogP contribution >= 0.6 is 11.3 Å². The van der Waals surface area contributed by atoms with Crippen LogP contribution in [-0.2, 0) is 4.79 Å². The highest BCUT2D eigenvalue weighted by Crippen LogP contribution is 2.18. The van der Waals surface area contributed by atoms with E-state index in [1.165, 1.54) is 17.8 Å². The van der Waals surface area contributed by atoms with Crippen LogP contribution < -0.4 is 10.6 Å².